The summed E-state index contributed by atoms with van der Waals surface area (Å²) in [7, 11) is 1.61. The molecular formula is C14H17N3O2. The maximum Gasteiger partial charge on any atom is 0.204 e. The second-order valence-corrected chi connectivity index (χ2v) is 4.39. The summed E-state index contributed by atoms with van der Waals surface area (Å²) in [6.45, 7) is 3.94. The number of nitrogens with two attached hydrogens (primary N) is 1. The van der Waals surface area contributed by atoms with Crippen LogP contribution in [-0.2, 0) is 6.54 Å². The minimum atomic E-state index is -0.136. The third-order valence-electron chi connectivity index (χ3n) is 2.94. The van der Waals surface area contributed by atoms with Gasteiger partial charge in [0.2, 0.25) is 5.43 Å². The Kier molecular flexibility index (Phi) is 3.66. The van der Waals surface area contributed by atoms with E-state index in [1.807, 2.05) is 32.0 Å². The van der Waals surface area contributed by atoms with Crippen LogP contribution in [0, 0.1) is 13.8 Å². The molecule has 0 radical (unpaired) electrons. The fraction of sp³-hybridized carbons (Fsp3) is 0.286. The molecule has 0 saturated carbocycles. The molecule has 19 heavy (non-hydrogen) atoms. The van der Waals surface area contributed by atoms with Gasteiger partial charge in [0.15, 0.2) is 0 Å². The van der Waals surface area contributed by atoms with Gasteiger partial charge in [0.1, 0.15) is 17.1 Å². The summed E-state index contributed by atoms with van der Waals surface area (Å²) in [4.78, 5) is 11.7. The number of ether oxygens (including phenoxy) is 1. The fourth-order valence-electron chi connectivity index (χ4n) is 1.93. The Balaban J connectivity index is 2.71. The first-order valence-corrected chi connectivity index (χ1v) is 6.01. The highest BCUT2D eigenvalue weighted by Gasteiger charge is 2.10. The van der Waals surface area contributed by atoms with Crippen molar-refractivity contribution in [3.8, 4) is 11.4 Å². The van der Waals surface area contributed by atoms with Crippen molar-refractivity contribution < 1.29 is 4.74 Å². The van der Waals surface area contributed by atoms with Crippen molar-refractivity contribution in [2.24, 2.45) is 5.73 Å². The molecule has 0 spiro atoms. The van der Waals surface area contributed by atoms with Crippen LogP contribution in [0.4, 0.5) is 0 Å². The Morgan fingerprint density at radius 3 is 2.68 bits per heavy atom. The number of hydrogen-bond acceptors (Lipinski definition) is 4. The van der Waals surface area contributed by atoms with E-state index in [-0.39, 0.29) is 12.0 Å². The first kappa shape index (κ1) is 13.3. The Bertz CT molecular complexity index is 662. The number of rotatable bonds is 3. The molecule has 0 aliphatic heterocycles. The lowest BCUT2D eigenvalue weighted by Gasteiger charge is -2.14. The van der Waals surface area contributed by atoms with Crippen molar-refractivity contribution in [3.05, 3.63) is 51.4 Å². The molecule has 0 aliphatic rings. The van der Waals surface area contributed by atoms with Crippen LogP contribution < -0.4 is 15.9 Å². The summed E-state index contributed by atoms with van der Waals surface area (Å²) >= 11 is 0. The number of aryl methyl sites for hydroxylation is 2. The summed E-state index contributed by atoms with van der Waals surface area (Å²) < 4.78 is 7.03. The average Bonchev–Trinajstić information content (AvgIpc) is 2.39. The van der Waals surface area contributed by atoms with Crippen LogP contribution in [0.3, 0.4) is 0 Å². The first-order chi connectivity index (χ1) is 9.06. The van der Waals surface area contributed by atoms with E-state index in [4.69, 9.17) is 10.5 Å². The van der Waals surface area contributed by atoms with Crippen LogP contribution >= 0.6 is 0 Å². The van der Waals surface area contributed by atoms with Gasteiger partial charge in [-0.3, -0.25) is 4.79 Å². The number of hydrogen-bond donors (Lipinski definition) is 1. The van der Waals surface area contributed by atoms with Crippen molar-refractivity contribution in [3.63, 3.8) is 0 Å². The molecule has 0 bridgehead atoms. The molecule has 5 nitrogen and oxygen atoms in total. The Morgan fingerprint density at radius 1 is 1.32 bits per heavy atom. The standard InChI is InChI=1S/C14H17N3O2/c1-9-4-5-14(19-3)12(6-9)17-10(2)7-13(18)11(8-15)16-17/h4-7H,8,15H2,1-3H3. The zero-order valence-electron chi connectivity index (χ0n) is 11.3. The van der Waals surface area contributed by atoms with Gasteiger partial charge in [-0.15, -0.1) is 0 Å². The molecule has 1 aromatic heterocycles. The molecule has 0 fully saturated rings. The Hall–Kier alpha value is -2.14. The van der Waals surface area contributed by atoms with E-state index in [0.29, 0.717) is 11.4 Å². The van der Waals surface area contributed by atoms with Gasteiger partial charge in [-0.1, -0.05) is 6.07 Å². The normalized spacial score (nSPS) is 10.5. The highest BCUT2D eigenvalue weighted by molar-refractivity contribution is 5.49. The lowest BCUT2D eigenvalue weighted by atomic mass is 10.2. The molecule has 2 rings (SSSR count). The van der Waals surface area contributed by atoms with Gasteiger partial charge in [-0.25, -0.2) is 4.68 Å². The summed E-state index contributed by atoms with van der Waals surface area (Å²) in [5, 5.41) is 4.31. The monoisotopic (exact) mass is 259 g/mol. The minimum absolute atomic E-state index is 0.118. The van der Waals surface area contributed by atoms with Gasteiger partial charge in [0.25, 0.3) is 0 Å². The lowest BCUT2D eigenvalue weighted by Crippen LogP contribution is -2.21. The van der Waals surface area contributed by atoms with E-state index in [0.717, 1.165) is 16.9 Å². The topological polar surface area (TPSA) is 70.1 Å². The minimum Gasteiger partial charge on any atom is -0.494 e. The summed E-state index contributed by atoms with van der Waals surface area (Å²) in [6, 6.07) is 7.34. The van der Waals surface area contributed by atoms with Gasteiger partial charge >= 0.3 is 0 Å². The molecule has 0 unspecified atom stereocenters. The average molecular weight is 259 g/mol. The predicted molar refractivity (Wildman–Crippen MR) is 73.8 cm³/mol. The van der Waals surface area contributed by atoms with E-state index < -0.39 is 0 Å². The predicted octanol–water partition coefficient (Wildman–Crippen LogP) is 1.32. The second-order valence-electron chi connectivity index (χ2n) is 4.39. The molecule has 2 N–H and O–H groups in total. The van der Waals surface area contributed by atoms with Crippen LogP contribution in [0.1, 0.15) is 17.0 Å². The number of benzene rings is 1. The Labute approximate surface area is 111 Å². The lowest BCUT2D eigenvalue weighted by molar-refractivity contribution is 0.411. The maximum absolute atomic E-state index is 11.7. The van der Waals surface area contributed by atoms with Crippen molar-refractivity contribution >= 4 is 0 Å². The highest BCUT2D eigenvalue weighted by Crippen LogP contribution is 2.23. The molecular weight excluding hydrogens is 242 g/mol. The third kappa shape index (κ3) is 2.51. The zero-order chi connectivity index (χ0) is 14.0. The van der Waals surface area contributed by atoms with Gasteiger partial charge in [-0.05, 0) is 31.5 Å². The van der Waals surface area contributed by atoms with Gasteiger partial charge in [-0.2, -0.15) is 5.10 Å². The molecule has 2 aromatic rings. The van der Waals surface area contributed by atoms with Gasteiger partial charge < -0.3 is 10.5 Å². The van der Waals surface area contributed by atoms with Crippen LogP contribution in [0.15, 0.2) is 29.1 Å². The molecule has 0 atom stereocenters. The molecule has 0 aliphatic carbocycles. The summed E-state index contributed by atoms with van der Waals surface area (Å²) in [6.07, 6.45) is 0. The Morgan fingerprint density at radius 2 is 2.05 bits per heavy atom. The van der Waals surface area contributed by atoms with Crippen molar-refractivity contribution in [1.29, 1.82) is 0 Å². The van der Waals surface area contributed by atoms with Crippen LogP contribution in [0.25, 0.3) is 5.69 Å². The largest absolute Gasteiger partial charge is 0.494 e. The number of aromatic nitrogens is 2. The second kappa shape index (κ2) is 5.24. The van der Waals surface area contributed by atoms with Gasteiger partial charge in [0, 0.05) is 18.3 Å². The number of nitrogens with zero attached hydrogens (tertiary/aromatic N) is 2. The molecule has 100 valence electrons. The van der Waals surface area contributed by atoms with Crippen LogP contribution in [-0.4, -0.2) is 16.9 Å². The van der Waals surface area contributed by atoms with Gasteiger partial charge in [0.05, 0.1) is 7.11 Å². The van der Waals surface area contributed by atoms with E-state index in [9.17, 15) is 4.79 Å². The number of methoxy groups -OCH3 is 1. The molecule has 1 heterocycles. The van der Waals surface area contributed by atoms with Crippen LogP contribution in [0.2, 0.25) is 0 Å². The summed E-state index contributed by atoms with van der Waals surface area (Å²) in [5.74, 6) is 0.702. The maximum atomic E-state index is 11.7. The smallest absolute Gasteiger partial charge is 0.204 e. The van der Waals surface area contributed by atoms with E-state index in [2.05, 4.69) is 5.10 Å². The van der Waals surface area contributed by atoms with E-state index in [1.165, 1.54) is 6.07 Å². The molecule has 0 saturated heterocycles. The molecule has 1 aromatic carbocycles. The highest BCUT2D eigenvalue weighted by atomic mass is 16.5. The van der Waals surface area contributed by atoms with Crippen molar-refractivity contribution in [1.82, 2.24) is 9.78 Å². The first-order valence-electron chi connectivity index (χ1n) is 6.01. The third-order valence-corrected chi connectivity index (χ3v) is 2.94. The molecule has 0 amide bonds. The van der Waals surface area contributed by atoms with Crippen molar-refractivity contribution in [2.75, 3.05) is 7.11 Å². The molecule has 5 heteroatoms. The quantitative estimate of drug-likeness (QED) is 0.902. The van der Waals surface area contributed by atoms with Crippen LogP contribution in [0.5, 0.6) is 5.75 Å². The van der Waals surface area contributed by atoms with Crippen molar-refractivity contribution in [2.45, 2.75) is 20.4 Å². The fourth-order valence-corrected chi connectivity index (χ4v) is 1.93. The van der Waals surface area contributed by atoms with E-state index >= 15 is 0 Å². The summed E-state index contributed by atoms with van der Waals surface area (Å²) in [5.41, 5.74) is 8.38. The SMILES string of the molecule is COc1ccc(C)cc1-n1nc(CN)c(=O)cc1C. The van der Waals surface area contributed by atoms with E-state index in [1.54, 1.807) is 11.8 Å². The zero-order valence-corrected chi connectivity index (χ0v) is 11.3.